The Kier molecular flexibility index (Phi) is 3.62. The molecular formula is C16H14FN3OS. The lowest BCUT2D eigenvalue weighted by atomic mass is 10.1. The number of halogens is 1. The van der Waals surface area contributed by atoms with E-state index in [9.17, 15) is 9.18 Å². The fraction of sp³-hybridized carbons (Fsp3) is 0.188. The molecule has 2 heterocycles. The van der Waals surface area contributed by atoms with Crippen molar-refractivity contribution in [1.82, 2.24) is 9.97 Å². The molecular weight excluding hydrogens is 301 g/mol. The van der Waals surface area contributed by atoms with Crippen LogP contribution in [0.5, 0.6) is 0 Å². The molecule has 0 aliphatic rings. The summed E-state index contributed by atoms with van der Waals surface area (Å²) >= 11 is 1.30. The van der Waals surface area contributed by atoms with Crippen molar-refractivity contribution in [2.45, 2.75) is 20.8 Å². The third-order valence-corrected chi connectivity index (χ3v) is 4.60. The summed E-state index contributed by atoms with van der Waals surface area (Å²) in [7, 11) is 0. The van der Waals surface area contributed by atoms with Gasteiger partial charge >= 0.3 is 0 Å². The van der Waals surface area contributed by atoms with E-state index >= 15 is 0 Å². The molecule has 3 aromatic rings. The number of carbonyl (C=O) groups excluding carboxylic acids is 1. The van der Waals surface area contributed by atoms with Crippen LogP contribution in [0.25, 0.3) is 10.2 Å². The van der Waals surface area contributed by atoms with Crippen LogP contribution >= 0.6 is 11.3 Å². The molecule has 1 amide bonds. The Morgan fingerprint density at radius 3 is 2.64 bits per heavy atom. The number of nitrogens with one attached hydrogen (secondary N) is 1. The average molecular weight is 315 g/mol. The summed E-state index contributed by atoms with van der Waals surface area (Å²) in [4.78, 5) is 22.5. The van der Waals surface area contributed by atoms with Crippen molar-refractivity contribution < 1.29 is 9.18 Å². The molecule has 6 heteroatoms. The molecule has 0 bridgehead atoms. The van der Waals surface area contributed by atoms with Crippen molar-refractivity contribution >= 4 is 33.1 Å². The quantitative estimate of drug-likeness (QED) is 0.777. The molecule has 0 aliphatic carbocycles. The summed E-state index contributed by atoms with van der Waals surface area (Å²) in [5.41, 5.74) is 1.84. The van der Waals surface area contributed by atoms with Crippen LogP contribution in [0.2, 0.25) is 0 Å². The zero-order valence-corrected chi connectivity index (χ0v) is 13.2. The fourth-order valence-electron chi connectivity index (χ4n) is 2.43. The number of carbonyl (C=O) groups is 1. The molecule has 0 radical (unpaired) electrons. The van der Waals surface area contributed by atoms with Gasteiger partial charge in [0.1, 0.15) is 16.5 Å². The minimum Gasteiger partial charge on any atom is -0.319 e. The van der Waals surface area contributed by atoms with Crippen molar-refractivity contribution in [2.75, 3.05) is 5.32 Å². The molecule has 1 N–H and O–H groups in total. The second-order valence-corrected chi connectivity index (χ2v) is 6.03. The van der Waals surface area contributed by atoms with Gasteiger partial charge in [-0.2, -0.15) is 0 Å². The monoisotopic (exact) mass is 315 g/mol. The summed E-state index contributed by atoms with van der Waals surface area (Å²) in [5, 5.41) is 3.51. The summed E-state index contributed by atoms with van der Waals surface area (Å²) in [5.74, 6) is -0.114. The highest BCUT2D eigenvalue weighted by atomic mass is 32.1. The molecule has 0 saturated heterocycles. The van der Waals surface area contributed by atoms with E-state index in [1.807, 2.05) is 20.8 Å². The Balaban J connectivity index is 2.03. The minimum absolute atomic E-state index is 0.170. The maximum atomic E-state index is 13.7. The maximum absolute atomic E-state index is 13.7. The van der Waals surface area contributed by atoms with E-state index in [0.29, 0.717) is 10.7 Å². The average Bonchev–Trinajstić information content (AvgIpc) is 2.78. The number of anilines is 1. The summed E-state index contributed by atoms with van der Waals surface area (Å²) in [6.07, 6.45) is 0. The van der Waals surface area contributed by atoms with Crippen molar-refractivity contribution in [3.63, 3.8) is 0 Å². The first-order chi connectivity index (χ1) is 10.5. The van der Waals surface area contributed by atoms with E-state index in [1.165, 1.54) is 23.5 Å². The van der Waals surface area contributed by atoms with Gasteiger partial charge in [-0.25, -0.2) is 14.4 Å². The Bertz CT molecular complexity index is 888. The van der Waals surface area contributed by atoms with Gasteiger partial charge in [0.15, 0.2) is 0 Å². The zero-order chi connectivity index (χ0) is 15.9. The maximum Gasteiger partial charge on any atom is 0.266 e. The molecule has 112 valence electrons. The Labute approximate surface area is 131 Å². The van der Waals surface area contributed by atoms with Crippen LogP contribution in [0, 0.1) is 26.6 Å². The molecule has 0 unspecified atom stereocenters. The van der Waals surface area contributed by atoms with Crippen LogP contribution in [-0.2, 0) is 0 Å². The Morgan fingerprint density at radius 2 is 1.91 bits per heavy atom. The van der Waals surface area contributed by atoms with Gasteiger partial charge in [0.25, 0.3) is 5.91 Å². The number of rotatable bonds is 2. The van der Waals surface area contributed by atoms with E-state index in [2.05, 4.69) is 15.3 Å². The number of nitrogens with zero attached hydrogens (tertiary/aromatic N) is 2. The summed E-state index contributed by atoms with van der Waals surface area (Å²) in [6, 6.07) is 6.10. The predicted molar refractivity (Wildman–Crippen MR) is 86.0 cm³/mol. The largest absolute Gasteiger partial charge is 0.319 e. The number of aryl methyl sites for hydroxylation is 3. The van der Waals surface area contributed by atoms with Crippen molar-refractivity contribution in [1.29, 1.82) is 0 Å². The van der Waals surface area contributed by atoms with Crippen LogP contribution < -0.4 is 5.32 Å². The second kappa shape index (κ2) is 5.46. The Morgan fingerprint density at radius 1 is 1.18 bits per heavy atom. The van der Waals surface area contributed by atoms with E-state index < -0.39 is 5.82 Å². The molecule has 0 saturated carbocycles. The molecule has 0 fully saturated rings. The third-order valence-electron chi connectivity index (χ3n) is 3.41. The number of para-hydroxylation sites is 1. The van der Waals surface area contributed by atoms with E-state index in [1.54, 1.807) is 12.1 Å². The minimum atomic E-state index is -0.457. The molecule has 3 rings (SSSR count). The summed E-state index contributed by atoms with van der Waals surface area (Å²) in [6.45, 7) is 5.58. The molecule has 0 spiro atoms. The highest BCUT2D eigenvalue weighted by molar-refractivity contribution is 7.20. The molecule has 0 aliphatic heterocycles. The number of fused-ring (bicyclic) bond motifs is 1. The molecule has 0 atom stereocenters. The SMILES string of the molecule is Cc1nc(C)c2c(C)c(C(=O)Nc3ccccc3F)sc2n1. The van der Waals surface area contributed by atoms with Crippen LogP contribution in [0.15, 0.2) is 24.3 Å². The highest BCUT2D eigenvalue weighted by Crippen LogP contribution is 2.31. The molecule has 1 aromatic carbocycles. The highest BCUT2D eigenvalue weighted by Gasteiger charge is 2.19. The number of amides is 1. The van der Waals surface area contributed by atoms with Gasteiger partial charge in [-0.3, -0.25) is 4.79 Å². The van der Waals surface area contributed by atoms with Crippen molar-refractivity contribution in [3.05, 3.63) is 52.0 Å². The second-order valence-electron chi connectivity index (χ2n) is 5.03. The first-order valence-electron chi connectivity index (χ1n) is 6.77. The first-order valence-corrected chi connectivity index (χ1v) is 7.59. The van der Waals surface area contributed by atoms with Gasteiger partial charge in [-0.15, -0.1) is 11.3 Å². The fourth-order valence-corrected chi connectivity index (χ4v) is 3.60. The van der Waals surface area contributed by atoms with Crippen molar-refractivity contribution in [3.8, 4) is 0 Å². The van der Waals surface area contributed by atoms with Crippen LogP contribution in [0.4, 0.5) is 10.1 Å². The Hall–Kier alpha value is -2.34. The number of benzene rings is 1. The standard InChI is InChI=1S/C16H14FN3OS/c1-8-13-9(2)18-10(3)19-16(13)22-14(8)15(21)20-12-7-5-4-6-11(12)17/h4-7H,1-3H3,(H,20,21). The molecule has 2 aromatic heterocycles. The van der Waals surface area contributed by atoms with Crippen LogP contribution in [0.1, 0.15) is 26.8 Å². The molecule has 22 heavy (non-hydrogen) atoms. The lowest BCUT2D eigenvalue weighted by Crippen LogP contribution is -2.12. The van der Waals surface area contributed by atoms with E-state index in [4.69, 9.17) is 0 Å². The normalized spacial score (nSPS) is 10.9. The van der Waals surface area contributed by atoms with Crippen LogP contribution in [0.3, 0.4) is 0 Å². The van der Waals surface area contributed by atoms with Crippen LogP contribution in [-0.4, -0.2) is 15.9 Å². The first kappa shape index (κ1) is 14.6. The topological polar surface area (TPSA) is 54.9 Å². The number of hydrogen-bond donors (Lipinski definition) is 1. The van der Waals surface area contributed by atoms with Gasteiger partial charge in [-0.1, -0.05) is 12.1 Å². The van der Waals surface area contributed by atoms with E-state index in [0.717, 1.165) is 21.5 Å². The summed E-state index contributed by atoms with van der Waals surface area (Å²) < 4.78 is 13.7. The number of hydrogen-bond acceptors (Lipinski definition) is 4. The van der Waals surface area contributed by atoms with Gasteiger partial charge in [0.2, 0.25) is 0 Å². The lowest BCUT2D eigenvalue weighted by molar-refractivity contribution is 0.102. The van der Waals surface area contributed by atoms with Gasteiger partial charge < -0.3 is 5.32 Å². The van der Waals surface area contributed by atoms with Crippen molar-refractivity contribution in [2.24, 2.45) is 0 Å². The predicted octanol–water partition coefficient (Wildman–Crippen LogP) is 4.01. The van der Waals surface area contributed by atoms with Gasteiger partial charge in [-0.05, 0) is 38.5 Å². The van der Waals surface area contributed by atoms with E-state index in [-0.39, 0.29) is 11.6 Å². The van der Waals surface area contributed by atoms with Gasteiger partial charge in [0, 0.05) is 11.1 Å². The van der Waals surface area contributed by atoms with Gasteiger partial charge in [0.05, 0.1) is 10.6 Å². The lowest BCUT2D eigenvalue weighted by Gasteiger charge is -2.05. The third kappa shape index (κ3) is 2.46. The zero-order valence-electron chi connectivity index (χ0n) is 12.4. The number of aromatic nitrogens is 2. The smallest absolute Gasteiger partial charge is 0.266 e. The number of thiophene rings is 1. The molecule has 4 nitrogen and oxygen atoms in total.